The van der Waals surface area contributed by atoms with E-state index >= 15 is 0 Å². The van der Waals surface area contributed by atoms with E-state index in [0.717, 1.165) is 18.7 Å². The summed E-state index contributed by atoms with van der Waals surface area (Å²) >= 11 is 5.87. The number of hydrogen-bond acceptors (Lipinski definition) is 5. The molecule has 0 unspecified atom stereocenters. The van der Waals surface area contributed by atoms with Gasteiger partial charge in [-0.2, -0.15) is 10.1 Å². The van der Waals surface area contributed by atoms with Crippen molar-refractivity contribution in [2.75, 3.05) is 17.2 Å². The van der Waals surface area contributed by atoms with Gasteiger partial charge in [0.2, 0.25) is 5.95 Å². The van der Waals surface area contributed by atoms with Crippen molar-refractivity contribution in [1.29, 1.82) is 0 Å². The quantitative estimate of drug-likeness (QED) is 0.719. The monoisotopic (exact) mass is 325 g/mol. The minimum atomic E-state index is 0.442. The molecule has 0 aliphatic heterocycles. The van der Waals surface area contributed by atoms with E-state index in [1.165, 1.54) is 5.56 Å². The molecule has 0 saturated carbocycles. The van der Waals surface area contributed by atoms with Crippen LogP contribution in [0, 0.1) is 0 Å². The van der Waals surface area contributed by atoms with Crippen LogP contribution in [0.25, 0.3) is 0 Å². The topological polar surface area (TPSA) is 62.7 Å². The summed E-state index contributed by atoms with van der Waals surface area (Å²) in [4.78, 5) is 4.39. The number of benzene rings is 2. The van der Waals surface area contributed by atoms with Crippen molar-refractivity contribution in [3.8, 4) is 0 Å². The Bertz CT molecular complexity index is 746. The first-order chi connectivity index (χ1) is 11.3. The van der Waals surface area contributed by atoms with E-state index in [1.807, 2.05) is 30.3 Å². The molecule has 5 nitrogen and oxygen atoms in total. The third-order valence-electron chi connectivity index (χ3n) is 3.22. The number of rotatable bonds is 6. The summed E-state index contributed by atoms with van der Waals surface area (Å²) in [6.07, 6.45) is 2.53. The minimum Gasteiger partial charge on any atom is -0.368 e. The van der Waals surface area contributed by atoms with Crippen LogP contribution in [-0.2, 0) is 6.42 Å². The number of nitrogens with one attached hydrogen (secondary N) is 2. The molecule has 116 valence electrons. The maximum atomic E-state index is 5.87. The molecule has 1 aromatic heterocycles. The van der Waals surface area contributed by atoms with Crippen LogP contribution in [0.5, 0.6) is 0 Å². The zero-order chi connectivity index (χ0) is 15.9. The average molecular weight is 326 g/mol. The van der Waals surface area contributed by atoms with E-state index in [9.17, 15) is 0 Å². The molecule has 2 aromatic carbocycles. The van der Waals surface area contributed by atoms with Crippen LogP contribution in [-0.4, -0.2) is 21.7 Å². The van der Waals surface area contributed by atoms with E-state index in [1.54, 1.807) is 18.3 Å². The summed E-state index contributed by atoms with van der Waals surface area (Å²) in [6, 6.07) is 17.6. The Morgan fingerprint density at radius 3 is 2.52 bits per heavy atom. The zero-order valence-corrected chi connectivity index (χ0v) is 13.2. The van der Waals surface area contributed by atoms with E-state index in [2.05, 4.69) is 37.9 Å². The third kappa shape index (κ3) is 4.66. The van der Waals surface area contributed by atoms with Crippen molar-refractivity contribution in [1.82, 2.24) is 15.2 Å². The summed E-state index contributed by atoms with van der Waals surface area (Å²) in [5.41, 5.74) is 2.14. The maximum Gasteiger partial charge on any atom is 0.249 e. The lowest BCUT2D eigenvalue weighted by atomic mass is 10.1. The lowest BCUT2D eigenvalue weighted by Gasteiger charge is -2.08. The number of anilines is 3. The van der Waals surface area contributed by atoms with Crippen molar-refractivity contribution in [3.05, 3.63) is 71.4 Å². The molecule has 2 N–H and O–H groups in total. The van der Waals surface area contributed by atoms with Crippen LogP contribution in [0.15, 0.2) is 60.8 Å². The first kappa shape index (κ1) is 15.2. The SMILES string of the molecule is Clc1ccc(Nc2nncc(NCCc3ccccc3)n2)cc1. The highest BCUT2D eigenvalue weighted by Crippen LogP contribution is 2.16. The summed E-state index contributed by atoms with van der Waals surface area (Å²) in [5, 5.41) is 15.0. The molecule has 0 amide bonds. The van der Waals surface area contributed by atoms with Crippen LogP contribution in [0.3, 0.4) is 0 Å². The molecule has 3 rings (SSSR count). The van der Waals surface area contributed by atoms with Gasteiger partial charge < -0.3 is 10.6 Å². The summed E-state index contributed by atoms with van der Waals surface area (Å²) < 4.78 is 0. The molecular weight excluding hydrogens is 310 g/mol. The Labute approximate surface area is 139 Å². The standard InChI is InChI=1S/C17H16ClN5/c18-14-6-8-15(9-7-14)21-17-22-16(12-20-23-17)19-11-10-13-4-2-1-3-5-13/h1-9,12H,10-11H2,(H2,19,21,22,23). The van der Waals surface area contributed by atoms with Crippen molar-refractivity contribution < 1.29 is 0 Å². The first-order valence-corrected chi connectivity index (χ1v) is 7.67. The molecule has 6 heteroatoms. The second kappa shape index (κ2) is 7.56. The molecule has 0 aliphatic carbocycles. The van der Waals surface area contributed by atoms with E-state index in [4.69, 9.17) is 11.6 Å². The van der Waals surface area contributed by atoms with Gasteiger partial charge in [0.1, 0.15) is 0 Å². The predicted molar refractivity (Wildman–Crippen MR) is 93.2 cm³/mol. The number of aromatic nitrogens is 3. The van der Waals surface area contributed by atoms with Gasteiger partial charge in [0, 0.05) is 17.3 Å². The third-order valence-corrected chi connectivity index (χ3v) is 3.47. The fourth-order valence-corrected chi connectivity index (χ4v) is 2.21. The van der Waals surface area contributed by atoms with E-state index in [0.29, 0.717) is 16.8 Å². The van der Waals surface area contributed by atoms with Crippen molar-refractivity contribution in [2.45, 2.75) is 6.42 Å². The molecule has 0 fully saturated rings. The van der Waals surface area contributed by atoms with Gasteiger partial charge in [-0.05, 0) is 36.2 Å². The van der Waals surface area contributed by atoms with Crippen LogP contribution < -0.4 is 10.6 Å². The van der Waals surface area contributed by atoms with Gasteiger partial charge in [-0.25, -0.2) is 0 Å². The van der Waals surface area contributed by atoms with Crippen LogP contribution in [0.4, 0.5) is 17.5 Å². The first-order valence-electron chi connectivity index (χ1n) is 7.30. The van der Waals surface area contributed by atoms with Gasteiger partial charge >= 0.3 is 0 Å². The predicted octanol–water partition coefficient (Wildman–Crippen LogP) is 3.92. The van der Waals surface area contributed by atoms with Crippen molar-refractivity contribution in [2.24, 2.45) is 0 Å². The van der Waals surface area contributed by atoms with E-state index < -0.39 is 0 Å². The molecule has 0 radical (unpaired) electrons. The van der Waals surface area contributed by atoms with Gasteiger partial charge in [0.05, 0.1) is 6.20 Å². The van der Waals surface area contributed by atoms with Crippen molar-refractivity contribution in [3.63, 3.8) is 0 Å². The number of halogens is 1. The van der Waals surface area contributed by atoms with Crippen LogP contribution in [0.1, 0.15) is 5.56 Å². The Morgan fingerprint density at radius 2 is 1.74 bits per heavy atom. The molecule has 0 spiro atoms. The van der Waals surface area contributed by atoms with Gasteiger partial charge in [-0.3, -0.25) is 0 Å². The van der Waals surface area contributed by atoms with Gasteiger partial charge in [-0.15, -0.1) is 5.10 Å². The normalized spacial score (nSPS) is 10.3. The number of hydrogen-bond donors (Lipinski definition) is 2. The smallest absolute Gasteiger partial charge is 0.249 e. The molecule has 0 atom stereocenters. The lowest BCUT2D eigenvalue weighted by molar-refractivity contribution is 0.950. The van der Waals surface area contributed by atoms with Crippen LogP contribution in [0.2, 0.25) is 5.02 Å². The summed E-state index contributed by atoms with van der Waals surface area (Å²) in [5.74, 6) is 1.13. The Hall–Kier alpha value is -2.66. The lowest BCUT2D eigenvalue weighted by Crippen LogP contribution is -2.08. The molecule has 0 aliphatic rings. The highest BCUT2D eigenvalue weighted by atomic mass is 35.5. The Morgan fingerprint density at radius 1 is 0.957 bits per heavy atom. The minimum absolute atomic E-state index is 0.442. The highest BCUT2D eigenvalue weighted by molar-refractivity contribution is 6.30. The van der Waals surface area contributed by atoms with Crippen molar-refractivity contribution >= 4 is 29.1 Å². The summed E-state index contributed by atoms with van der Waals surface area (Å²) in [7, 11) is 0. The Balaban J connectivity index is 1.57. The second-order valence-corrected chi connectivity index (χ2v) is 5.40. The summed E-state index contributed by atoms with van der Waals surface area (Å²) in [6.45, 7) is 0.781. The fraction of sp³-hybridized carbons (Fsp3) is 0.118. The molecule has 23 heavy (non-hydrogen) atoms. The molecule has 1 heterocycles. The van der Waals surface area contributed by atoms with Gasteiger partial charge in [0.15, 0.2) is 5.82 Å². The van der Waals surface area contributed by atoms with E-state index in [-0.39, 0.29) is 0 Å². The van der Waals surface area contributed by atoms with Crippen LogP contribution >= 0.6 is 11.6 Å². The largest absolute Gasteiger partial charge is 0.368 e. The number of nitrogens with zero attached hydrogens (tertiary/aromatic N) is 3. The van der Waals surface area contributed by atoms with Gasteiger partial charge in [0.25, 0.3) is 0 Å². The molecule has 0 saturated heterocycles. The molecule has 3 aromatic rings. The van der Waals surface area contributed by atoms with Gasteiger partial charge in [-0.1, -0.05) is 41.9 Å². The zero-order valence-electron chi connectivity index (χ0n) is 12.4. The highest BCUT2D eigenvalue weighted by Gasteiger charge is 2.01. The average Bonchev–Trinajstić information content (AvgIpc) is 2.58. The maximum absolute atomic E-state index is 5.87. The fourth-order valence-electron chi connectivity index (χ4n) is 2.08. The molecule has 0 bridgehead atoms. The second-order valence-electron chi connectivity index (χ2n) is 4.96. The Kier molecular flexibility index (Phi) is 5.01. The molecular formula is C17H16ClN5.